The second-order valence-corrected chi connectivity index (χ2v) is 7.76. The number of aryl methyl sites for hydroxylation is 1. The highest BCUT2D eigenvalue weighted by molar-refractivity contribution is 6.10. The van der Waals surface area contributed by atoms with Crippen LogP contribution in [0, 0.1) is 0 Å². The van der Waals surface area contributed by atoms with Gasteiger partial charge in [-0.2, -0.15) is 0 Å². The number of hydrogen-bond donors (Lipinski definition) is 0. The summed E-state index contributed by atoms with van der Waals surface area (Å²) in [5, 5.41) is 5.43. The summed E-state index contributed by atoms with van der Waals surface area (Å²) in [6, 6.07) is 25.2. The van der Waals surface area contributed by atoms with Crippen LogP contribution in [0.3, 0.4) is 0 Å². The van der Waals surface area contributed by atoms with Crippen LogP contribution in [0.1, 0.15) is 37.5 Å². The van der Waals surface area contributed by atoms with Crippen LogP contribution in [0.15, 0.2) is 66.7 Å². The predicted octanol–water partition coefficient (Wildman–Crippen LogP) is 6.86. The second kappa shape index (κ2) is 4.95. The molecule has 0 atom stereocenters. The number of rotatable bonds is 1. The van der Waals surface area contributed by atoms with E-state index >= 15 is 0 Å². The normalized spacial score (nSPS) is 14.7. The molecule has 0 aliphatic heterocycles. The molecular weight excluding hydrogens is 300 g/mol. The average molecular weight is 322 g/mol. The highest BCUT2D eigenvalue weighted by Gasteiger charge is 2.35. The molecule has 25 heavy (non-hydrogen) atoms. The van der Waals surface area contributed by atoms with E-state index in [1.807, 2.05) is 0 Å². The van der Waals surface area contributed by atoms with Crippen molar-refractivity contribution in [1.29, 1.82) is 0 Å². The van der Waals surface area contributed by atoms with Crippen LogP contribution >= 0.6 is 0 Å². The minimum Gasteiger partial charge on any atom is -0.0619 e. The topological polar surface area (TPSA) is 0 Å². The maximum atomic E-state index is 2.43. The Balaban J connectivity index is 1.91. The maximum absolute atomic E-state index is 2.43. The molecule has 0 N–H and O–H groups in total. The molecule has 1 aliphatic carbocycles. The zero-order valence-electron chi connectivity index (χ0n) is 15.1. The van der Waals surface area contributed by atoms with Gasteiger partial charge in [0.25, 0.3) is 0 Å². The first-order valence-electron chi connectivity index (χ1n) is 9.19. The molecule has 4 aromatic carbocycles. The predicted molar refractivity (Wildman–Crippen MR) is 108 cm³/mol. The monoisotopic (exact) mass is 322 g/mol. The molecule has 0 bridgehead atoms. The van der Waals surface area contributed by atoms with Gasteiger partial charge in [0.05, 0.1) is 0 Å². The molecule has 0 spiro atoms. The molecule has 0 fully saturated rings. The Kier molecular flexibility index (Phi) is 2.92. The van der Waals surface area contributed by atoms with E-state index in [4.69, 9.17) is 0 Å². The van der Waals surface area contributed by atoms with Crippen molar-refractivity contribution in [2.75, 3.05) is 0 Å². The van der Waals surface area contributed by atoms with E-state index in [2.05, 4.69) is 87.5 Å². The smallest absolute Gasteiger partial charge is 0.0159 e. The lowest BCUT2D eigenvalue weighted by Crippen LogP contribution is -2.14. The molecule has 0 nitrogen and oxygen atoms in total. The van der Waals surface area contributed by atoms with Gasteiger partial charge < -0.3 is 0 Å². The highest BCUT2D eigenvalue weighted by Crippen LogP contribution is 2.50. The fraction of sp³-hybridized carbons (Fsp3) is 0.200. The quantitative estimate of drug-likeness (QED) is 0.336. The number of hydrogen-bond acceptors (Lipinski definition) is 0. The van der Waals surface area contributed by atoms with Gasteiger partial charge in [-0.25, -0.2) is 0 Å². The summed E-state index contributed by atoms with van der Waals surface area (Å²) < 4.78 is 0. The van der Waals surface area contributed by atoms with Crippen LogP contribution in [-0.2, 0) is 11.8 Å². The molecule has 0 saturated carbocycles. The van der Waals surface area contributed by atoms with Gasteiger partial charge in [-0.1, -0.05) is 75.4 Å². The first kappa shape index (κ1) is 14.7. The van der Waals surface area contributed by atoms with Crippen molar-refractivity contribution >= 4 is 21.5 Å². The largest absolute Gasteiger partial charge is 0.0619 e. The standard InChI is InChI=1S/C25H22/c1-4-16-9-10-17-11-12-18-14-24-22(15-21(18)20(17)13-16)19-7-5-6-8-23(19)25(24,2)3/h5-15H,4H2,1-3H3. The molecule has 0 radical (unpaired) electrons. The van der Waals surface area contributed by atoms with Gasteiger partial charge in [0.15, 0.2) is 0 Å². The van der Waals surface area contributed by atoms with Crippen molar-refractivity contribution in [2.45, 2.75) is 32.6 Å². The van der Waals surface area contributed by atoms with E-state index in [1.165, 1.54) is 49.4 Å². The van der Waals surface area contributed by atoms with E-state index < -0.39 is 0 Å². The number of fused-ring (bicyclic) bond motifs is 6. The second-order valence-electron chi connectivity index (χ2n) is 7.76. The summed E-state index contributed by atoms with van der Waals surface area (Å²) in [6.45, 7) is 6.92. The van der Waals surface area contributed by atoms with Crippen LogP contribution in [0.25, 0.3) is 32.7 Å². The zero-order chi connectivity index (χ0) is 17.2. The first-order valence-corrected chi connectivity index (χ1v) is 9.19. The molecule has 0 unspecified atom stereocenters. The van der Waals surface area contributed by atoms with Crippen LogP contribution in [0.5, 0.6) is 0 Å². The van der Waals surface area contributed by atoms with E-state index in [9.17, 15) is 0 Å². The molecule has 4 aromatic rings. The van der Waals surface area contributed by atoms with Gasteiger partial charge in [0.2, 0.25) is 0 Å². The van der Waals surface area contributed by atoms with Crippen molar-refractivity contribution in [3.63, 3.8) is 0 Å². The zero-order valence-corrected chi connectivity index (χ0v) is 15.1. The molecule has 1 aliphatic rings. The van der Waals surface area contributed by atoms with Crippen LogP contribution < -0.4 is 0 Å². The van der Waals surface area contributed by atoms with Crippen LogP contribution in [0.2, 0.25) is 0 Å². The molecule has 0 aromatic heterocycles. The van der Waals surface area contributed by atoms with Crippen LogP contribution in [-0.4, -0.2) is 0 Å². The Morgan fingerprint density at radius 3 is 2.24 bits per heavy atom. The maximum Gasteiger partial charge on any atom is 0.0159 e. The average Bonchev–Trinajstić information content (AvgIpc) is 2.87. The SMILES string of the molecule is CCc1ccc2ccc3cc4c(cc3c2c1)-c1ccccc1C4(C)C. The summed E-state index contributed by atoms with van der Waals surface area (Å²) in [5.41, 5.74) is 7.17. The first-order chi connectivity index (χ1) is 12.1. The molecule has 0 heterocycles. The highest BCUT2D eigenvalue weighted by atomic mass is 14.4. The third-order valence-corrected chi connectivity index (χ3v) is 6.01. The lowest BCUT2D eigenvalue weighted by molar-refractivity contribution is 0.661. The van der Waals surface area contributed by atoms with Gasteiger partial charge in [0, 0.05) is 5.41 Å². The van der Waals surface area contributed by atoms with Crippen LogP contribution in [0.4, 0.5) is 0 Å². The van der Waals surface area contributed by atoms with Gasteiger partial charge in [-0.15, -0.1) is 0 Å². The van der Waals surface area contributed by atoms with Crippen molar-refractivity contribution in [3.8, 4) is 11.1 Å². The fourth-order valence-electron chi connectivity index (χ4n) is 4.52. The third-order valence-electron chi connectivity index (χ3n) is 6.01. The molecule has 122 valence electrons. The van der Waals surface area contributed by atoms with Crippen molar-refractivity contribution < 1.29 is 0 Å². The minimum atomic E-state index is 0.0698. The Bertz CT molecular complexity index is 1150. The summed E-state index contributed by atoms with van der Waals surface area (Å²) in [4.78, 5) is 0. The Hall–Kier alpha value is -2.60. The van der Waals surface area contributed by atoms with Crippen molar-refractivity contribution in [2.24, 2.45) is 0 Å². The fourth-order valence-corrected chi connectivity index (χ4v) is 4.52. The summed E-state index contributed by atoms with van der Waals surface area (Å²) in [6.07, 6.45) is 1.08. The molecule has 0 amide bonds. The molecule has 0 saturated heterocycles. The van der Waals surface area contributed by atoms with Gasteiger partial charge in [-0.05, 0) is 67.9 Å². The summed E-state index contributed by atoms with van der Waals surface area (Å²) >= 11 is 0. The third kappa shape index (κ3) is 1.94. The van der Waals surface area contributed by atoms with Gasteiger partial charge >= 0.3 is 0 Å². The molecule has 0 heteroatoms. The Morgan fingerprint density at radius 2 is 1.40 bits per heavy atom. The lowest BCUT2D eigenvalue weighted by Gasteiger charge is -2.21. The van der Waals surface area contributed by atoms with E-state index in [0.717, 1.165) is 6.42 Å². The van der Waals surface area contributed by atoms with Gasteiger partial charge in [0.1, 0.15) is 0 Å². The Morgan fingerprint density at radius 1 is 0.680 bits per heavy atom. The number of benzene rings is 4. The van der Waals surface area contributed by atoms with E-state index in [0.29, 0.717) is 0 Å². The van der Waals surface area contributed by atoms with E-state index in [-0.39, 0.29) is 5.41 Å². The van der Waals surface area contributed by atoms with Crippen molar-refractivity contribution in [1.82, 2.24) is 0 Å². The summed E-state index contributed by atoms with van der Waals surface area (Å²) in [7, 11) is 0. The van der Waals surface area contributed by atoms with Crippen molar-refractivity contribution in [3.05, 3.63) is 83.4 Å². The summed E-state index contributed by atoms with van der Waals surface area (Å²) in [5.74, 6) is 0. The van der Waals surface area contributed by atoms with E-state index in [1.54, 1.807) is 0 Å². The minimum absolute atomic E-state index is 0.0698. The van der Waals surface area contributed by atoms with Gasteiger partial charge in [-0.3, -0.25) is 0 Å². The molecular formula is C25H22. The Labute approximate surface area is 149 Å². The molecule has 5 rings (SSSR count). The lowest BCUT2D eigenvalue weighted by atomic mass is 9.81.